The third-order valence-corrected chi connectivity index (χ3v) is 3.59. The lowest BCUT2D eigenvalue weighted by atomic mass is 10.2. The molecule has 0 bridgehead atoms. The van der Waals surface area contributed by atoms with Crippen molar-refractivity contribution in [2.45, 2.75) is 19.8 Å². The lowest BCUT2D eigenvalue weighted by Crippen LogP contribution is -2.12. The van der Waals surface area contributed by atoms with Crippen LogP contribution in [0.3, 0.4) is 0 Å². The number of nitrogens with one attached hydrogen (secondary N) is 2. The monoisotopic (exact) mass is 373 g/mol. The maximum atomic E-state index is 13.2. The van der Waals surface area contributed by atoms with Gasteiger partial charge in [0.15, 0.2) is 0 Å². The van der Waals surface area contributed by atoms with Crippen LogP contribution in [0.25, 0.3) is 0 Å². The summed E-state index contributed by atoms with van der Waals surface area (Å²) in [5.74, 6) is 6.73. The molecule has 0 saturated carbocycles. The molecule has 0 fully saturated rings. The summed E-state index contributed by atoms with van der Waals surface area (Å²) in [6, 6.07) is 4.18. The van der Waals surface area contributed by atoms with Crippen LogP contribution in [0.2, 0.25) is 5.02 Å². The summed E-state index contributed by atoms with van der Waals surface area (Å²) in [6.45, 7) is 3.94. The summed E-state index contributed by atoms with van der Waals surface area (Å²) in [4.78, 5) is 8.65. The Kier molecular flexibility index (Phi) is 4.97. The minimum absolute atomic E-state index is 0.131. The Balaban J connectivity index is 2.42. The van der Waals surface area contributed by atoms with Gasteiger partial charge < -0.3 is 10.7 Å². The van der Waals surface area contributed by atoms with E-state index in [9.17, 15) is 4.39 Å². The van der Waals surface area contributed by atoms with Crippen molar-refractivity contribution in [3.63, 3.8) is 0 Å². The molecule has 5 nitrogen and oxygen atoms in total. The molecule has 0 amide bonds. The number of nitrogens with two attached hydrogens (primary N) is 1. The van der Waals surface area contributed by atoms with Gasteiger partial charge in [0, 0.05) is 16.5 Å². The molecule has 2 rings (SSSR count). The Labute approximate surface area is 135 Å². The largest absolute Gasteiger partial charge is 0.338 e. The summed E-state index contributed by atoms with van der Waals surface area (Å²) in [6.07, 6.45) is 0. The average molecular weight is 375 g/mol. The van der Waals surface area contributed by atoms with Gasteiger partial charge in [0.25, 0.3) is 0 Å². The number of nitrogens with zero attached hydrogens (tertiary/aromatic N) is 2. The number of nitrogen functional groups attached to an aromatic ring is 1. The maximum absolute atomic E-state index is 13.2. The molecular formula is C13H14BrClFN5. The van der Waals surface area contributed by atoms with Gasteiger partial charge >= 0.3 is 0 Å². The first-order valence-corrected chi connectivity index (χ1v) is 7.35. The molecule has 0 unspecified atom stereocenters. The third-order valence-electron chi connectivity index (χ3n) is 2.67. The molecule has 4 N–H and O–H groups in total. The fourth-order valence-electron chi connectivity index (χ4n) is 1.65. The van der Waals surface area contributed by atoms with E-state index in [1.54, 1.807) is 6.07 Å². The Bertz CT molecular complexity index is 642. The van der Waals surface area contributed by atoms with Crippen LogP contribution in [0, 0.1) is 5.82 Å². The van der Waals surface area contributed by atoms with Crippen LogP contribution in [0.4, 0.5) is 21.7 Å². The standard InChI is InChI=1S/C13H14BrClFN5/c1-6(2)13-19-10(5-11(20-13)21-17)18-12-8(14)3-7(16)4-9(12)15/h3-6H,17H2,1-2H3,(H2,18,19,20,21). The Morgan fingerprint density at radius 2 is 1.90 bits per heavy atom. The molecule has 112 valence electrons. The predicted molar refractivity (Wildman–Crippen MR) is 86.3 cm³/mol. The van der Waals surface area contributed by atoms with Crippen LogP contribution >= 0.6 is 27.5 Å². The molecule has 0 aliphatic heterocycles. The minimum atomic E-state index is -0.424. The van der Waals surface area contributed by atoms with Crippen molar-refractivity contribution in [3.8, 4) is 0 Å². The Morgan fingerprint density at radius 3 is 2.48 bits per heavy atom. The fraction of sp³-hybridized carbons (Fsp3) is 0.231. The number of aromatic nitrogens is 2. The van der Waals surface area contributed by atoms with Gasteiger partial charge in [-0.05, 0) is 28.1 Å². The first kappa shape index (κ1) is 15.9. The van der Waals surface area contributed by atoms with Gasteiger partial charge in [-0.3, -0.25) is 0 Å². The number of benzene rings is 1. The minimum Gasteiger partial charge on any atom is -0.338 e. The molecule has 0 spiro atoms. The highest BCUT2D eigenvalue weighted by Gasteiger charge is 2.12. The van der Waals surface area contributed by atoms with Crippen molar-refractivity contribution in [1.29, 1.82) is 0 Å². The van der Waals surface area contributed by atoms with Gasteiger partial charge in [0.1, 0.15) is 23.3 Å². The van der Waals surface area contributed by atoms with Crippen LogP contribution in [-0.4, -0.2) is 9.97 Å². The molecule has 21 heavy (non-hydrogen) atoms. The van der Waals surface area contributed by atoms with E-state index in [1.807, 2.05) is 13.8 Å². The Hall–Kier alpha value is -1.44. The lowest BCUT2D eigenvalue weighted by Gasteiger charge is -2.13. The predicted octanol–water partition coefficient (Wildman–Crippen LogP) is 4.18. The molecule has 0 aliphatic carbocycles. The second kappa shape index (κ2) is 6.55. The van der Waals surface area contributed by atoms with Crippen LogP contribution in [0.5, 0.6) is 0 Å². The van der Waals surface area contributed by atoms with Crippen molar-refractivity contribution in [2.75, 3.05) is 10.7 Å². The van der Waals surface area contributed by atoms with Crippen molar-refractivity contribution >= 4 is 44.9 Å². The van der Waals surface area contributed by atoms with Gasteiger partial charge in [-0.15, -0.1) is 0 Å². The lowest BCUT2D eigenvalue weighted by molar-refractivity contribution is 0.627. The SMILES string of the molecule is CC(C)c1nc(NN)cc(Nc2c(Cl)cc(F)cc2Br)n1. The number of rotatable bonds is 4. The van der Waals surface area contributed by atoms with E-state index in [-0.39, 0.29) is 10.9 Å². The van der Waals surface area contributed by atoms with Gasteiger partial charge in [0.05, 0.1) is 10.7 Å². The topological polar surface area (TPSA) is 75.9 Å². The van der Waals surface area contributed by atoms with Crippen molar-refractivity contribution in [2.24, 2.45) is 5.84 Å². The first-order chi connectivity index (χ1) is 9.90. The van der Waals surface area contributed by atoms with E-state index in [0.717, 1.165) is 0 Å². The zero-order valence-corrected chi connectivity index (χ0v) is 13.8. The normalized spacial score (nSPS) is 10.8. The summed E-state index contributed by atoms with van der Waals surface area (Å²) in [5, 5.41) is 3.29. The van der Waals surface area contributed by atoms with Crippen molar-refractivity contribution in [3.05, 3.63) is 39.3 Å². The third kappa shape index (κ3) is 3.81. The molecule has 0 saturated heterocycles. The van der Waals surface area contributed by atoms with Crippen LogP contribution < -0.4 is 16.6 Å². The first-order valence-electron chi connectivity index (χ1n) is 6.18. The van der Waals surface area contributed by atoms with E-state index in [2.05, 4.69) is 36.6 Å². The van der Waals surface area contributed by atoms with Gasteiger partial charge in [-0.2, -0.15) is 0 Å². The molecule has 8 heteroatoms. The highest BCUT2D eigenvalue weighted by atomic mass is 79.9. The smallest absolute Gasteiger partial charge is 0.145 e. The summed E-state index contributed by atoms with van der Waals surface area (Å²) >= 11 is 9.31. The second-order valence-corrected chi connectivity index (χ2v) is 5.93. The number of halogens is 3. The van der Waals surface area contributed by atoms with Crippen LogP contribution in [-0.2, 0) is 0 Å². The summed E-state index contributed by atoms with van der Waals surface area (Å²) in [7, 11) is 0. The van der Waals surface area contributed by atoms with Crippen LogP contribution in [0.1, 0.15) is 25.6 Å². The second-order valence-electron chi connectivity index (χ2n) is 4.67. The number of anilines is 3. The zero-order valence-electron chi connectivity index (χ0n) is 11.4. The molecule has 0 atom stereocenters. The van der Waals surface area contributed by atoms with E-state index in [0.29, 0.717) is 27.6 Å². The molecule has 0 radical (unpaired) electrons. The van der Waals surface area contributed by atoms with E-state index in [4.69, 9.17) is 17.4 Å². The number of hydrogen-bond donors (Lipinski definition) is 3. The Morgan fingerprint density at radius 1 is 1.24 bits per heavy atom. The highest BCUT2D eigenvalue weighted by Crippen LogP contribution is 2.34. The van der Waals surface area contributed by atoms with Crippen molar-refractivity contribution in [1.82, 2.24) is 9.97 Å². The highest BCUT2D eigenvalue weighted by molar-refractivity contribution is 9.10. The number of hydrogen-bond acceptors (Lipinski definition) is 5. The van der Waals surface area contributed by atoms with Gasteiger partial charge in [-0.25, -0.2) is 20.2 Å². The fourth-order valence-corrected chi connectivity index (χ4v) is 2.55. The quantitative estimate of drug-likeness (QED) is 0.553. The summed E-state index contributed by atoms with van der Waals surface area (Å²) in [5.41, 5.74) is 3.01. The molecule has 1 heterocycles. The average Bonchev–Trinajstić information content (AvgIpc) is 2.42. The zero-order chi connectivity index (χ0) is 15.6. The van der Waals surface area contributed by atoms with Gasteiger partial charge in [0.2, 0.25) is 0 Å². The van der Waals surface area contributed by atoms with E-state index < -0.39 is 5.82 Å². The van der Waals surface area contributed by atoms with E-state index in [1.165, 1.54) is 12.1 Å². The molecule has 1 aromatic heterocycles. The van der Waals surface area contributed by atoms with Gasteiger partial charge in [-0.1, -0.05) is 25.4 Å². The summed E-state index contributed by atoms with van der Waals surface area (Å²) < 4.78 is 13.7. The molecule has 1 aromatic carbocycles. The molecule has 2 aromatic rings. The number of hydrazine groups is 1. The maximum Gasteiger partial charge on any atom is 0.145 e. The molecule has 0 aliphatic rings. The molecular weight excluding hydrogens is 361 g/mol. The van der Waals surface area contributed by atoms with Crippen LogP contribution in [0.15, 0.2) is 22.7 Å². The van der Waals surface area contributed by atoms with Crippen molar-refractivity contribution < 1.29 is 4.39 Å². The van der Waals surface area contributed by atoms with E-state index >= 15 is 0 Å².